The van der Waals surface area contributed by atoms with Crippen LogP contribution in [0.15, 0.2) is 18.2 Å². The van der Waals surface area contributed by atoms with Crippen molar-refractivity contribution in [2.24, 2.45) is 0 Å². The number of nitrogens with zero attached hydrogens (tertiary/aromatic N) is 1. The standard InChI is InChI=1S/C13H15ClN2O3S/c1-7(17)15-5-4-10(18)12(19)8-2-3-9-11(6-8)20-13(14)16-9/h2-3,6,10,12,18-19H,4-5H2,1H3,(H,15,17). The van der Waals surface area contributed by atoms with Gasteiger partial charge in [0, 0.05) is 13.5 Å². The van der Waals surface area contributed by atoms with Crippen molar-refractivity contribution in [1.29, 1.82) is 0 Å². The Morgan fingerprint density at radius 2 is 2.25 bits per heavy atom. The third-order valence-electron chi connectivity index (χ3n) is 2.91. The van der Waals surface area contributed by atoms with Crippen molar-refractivity contribution >= 4 is 39.1 Å². The van der Waals surface area contributed by atoms with Crippen LogP contribution in [-0.4, -0.2) is 33.8 Å². The number of halogens is 1. The van der Waals surface area contributed by atoms with Crippen molar-refractivity contribution in [1.82, 2.24) is 10.3 Å². The van der Waals surface area contributed by atoms with Gasteiger partial charge in [0.2, 0.25) is 5.91 Å². The van der Waals surface area contributed by atoms with E-state index in [1.165, 1.54) is 18.3 Å². The topological polar surface area (TPSA) is 82.5 Å². The minimum Gasteiger partial charge on any atom is -0.390 e. The number of amides is 1. The zero-order chi connectivity index (χ0) is 14.7. The van der Waals surface area contributed by atoms with Gasteiger partial charge in [-0.15, -0.1) is 11.3 Å². The van der Waals surface area contributed by atoms with Gasteiger partial charge in [0.1, 0.15) is 6.10 Å². The average molecular weight is 315 g/mol. The molecular formula is C13H15ClN2O3S. The Labute approximate surface area is 125 Å². The van der Waals surface area contributed by atoms with Crippen molar-refractivity contribution in [2.75, 3.05) is 6.54 Å². The van der Waals surface area contributed by atoms with E-state index in [2.05, 4.69) is 10.3 Å². The van der Waals surface area contributed by atoms with E-state index in [0.29, 0.717) is 16.6 Å². The number of nitrogens with one attached hydrogen (secondary N) is 1. The molecule has 0 aliphatic heterocycles. The number of aromatic nitrogens is 1. The molecule has 1 amide bonds. The van der Waals surface area contributed by atoms with Crippen molar-refractivity contribution < 1.29 is 15.0 Å². The minimum absolute atomic E-state index is 0.160. The number of carbonyl (C=O) groups is 1. The van der Waals surface area contributed by atoms with Gasteiger partial charge in [-0.1, -0.05) is 17.7 Å². The highest BCUT2D eigenvalue weighted by atomic mass is 35.5. The maximum absolute atomic E-state index is 10.7. The van der Waals surface area contributed by atoms with Crippen LogP contribution in [0.4, 0.5) is 0 Å². The van der Waals surface area contributed by atoms with Crippen LogP contribution in [0.3, 0.4) is 0 Å². The minimum atomic E-state index is -1.01. The zero-order valence-electron chi connectivity index (χ0n) is 10.8. The summed E-state index contributed by atoms with van der Waals surface area (Å²) >= 11 is 7.15. The van der Waals surface area contributed by atoms with E-state index in [-0.39, 0.29) is 12.3 Å². The zero-order valence-corrected chi connectivity index (χ0v) is 12.4. The highest BCUT2D eigenvalue weighted by Crippen LogP contribution is 2.29. The van der Waals surface area contributed by atoms with Crippen LogP contribution in [0.25, 0.3) is 10.2 Å². The summed E-state index contributed by atoms with van der Waals surface area (Å²) in [6.45, 7) is 1.73. The molecule has 0 spiro atoms. The van der Waals surface area contributed by atoms with Gasteiger partial charge in [-0.05, 0) is 24.1 Å². The Hall–Kier alpha value is -1.21. The van der Waals surface area contributed by atoms with Crippen LogP contribution in [0.2, 0.25) is 4.47 Å². The molecule has 7 heteroatoms. The van der Waals surface area contributed by atoms with Crippen LogP contribution in [-0.2, 0) is 4.79 Å². The van der Waals surface area contributed by atoms with E-state index >= 15 is 0 Å². The molecule has 2 atom stereocenters. The highest BCUT2D eigenvalue weighted by Gasteiger charge is 2.19. The van der Waals surface area contributed by atoms with Crippen LogP contribution >= 0.6 is 22.9 Å². The van der Waals surface area contributed by atoms with E-state index in [1.54, 1.807) is 18.2 Å². The van der Waals surface area contributed by atoms with Gasteiger partial charge in [0.25, 0.3) is 0 Å². The summed E-state index contributed by atoms with van der Waals surface area (Å²) in [5, 5.41) is 22.6. The summed E-state index contributed by atoms with van der Waals surface area (Å²) in [5.74, 6) is -0.160. The molecule has 1 aromatic carbocycles. The molecule has 0 aliphatic rings. The van der Waals surface area contributed by atoms with E-state index in [4.69, 9.17) is 11.6 Å². The summed E-state index contributed by atoms with van der Waals surface area (Å²) in [5.41, 5.74) is 1.37. The summed E-state index contributed by atoms with van der Waals surface area (Å²) < 4.78 is 1.30. The molecule has 1 heterocycles. The highest BCUT2D eigenvalue weighted by molar-refractivity contribution is 7.22. The number of hydrogen-bond acceptors (Lipinski definition) is 5. The first-order chi connectivity index (χ1) is 9.47. The smallest absolute Gasteiger partial charge is 0.216 e. The number of carbonyl (C=O) groups excluding carboxylic acids is 1. The third kappa shape index (κ3) is 3.67. The number of hydrogen-bond donors (Lipinski definition) is 3. The molecule has 2 aromatic rings. The fraction of sp³-hybridized carbons (Fsp3) is 0.385. The molecule has 20 heavy (non-hydrogen) atoms. The predicted octanol–water partition coefficient (Wildman–Crippen LogP) is 1.87. The second-order valence-electron chi connectivity index (χ2n) is 4.48. The number of rotatable bonds is 5. The fourth-order valence-electron chi connectivity index (χ4n) is 1.87. The van der Waals surface area contributed by atoms with E-state index in [1.807, 2.05) is 0 Å². The lowest BCUT2D eigenvalue weighted by Crippen LogP contribution is -2.27. The molecule has 0 radical (unpaired) electrons. The van der Waals surface area contributed by atoms with E-state index in [9.17, 15) is 15.0 Å². The molecule has 2 rings (SSSR count). The number of aliphatic hydroxyl groups excluding tert-OH is 2. The molecule has 0 saturated heterocycles. The monoisotopic (exact) mass is 314 g/mol. The second kappa shape index (κ2) is 6.49. The average Bonchev–Trinajstić information content (AvgIpc) is 2.76. The molecular weight excluding hydrogens is 300 g/mol. The van der Waals surface area contributed by atoms with Crippen molar-refractivity contribution in [3.05, 3.63) is 28.2 Å². The largest absolute Gasteiger partial charge is 0.390 e. The first kappa shape index (κ1) is 15.2. The molecule has 108 valence electrons. The number of thiazole rings is 1. The molecule has 0 aliphatic carbocycles. The Balaban J connectivity index is 2.05. The Bertz CT molecular complexity index is 617. The van der Waals surface area contributed by atoms with Crippen molar-refractivity contribution in [3.8, 4) is 0 Å². The second-order valence-corrected chi connectivity index (χ2v) is 6.09. The fourth-order valence-corrected chi connectivity index (χ4v) is 2.95. The van der Waals surface area contributed by atoms with Gasteiger partial charge in [-0.25, -0.2) is 4.98 Å². The normalized spacial score (nSPS) is 14.2. The van der Waals surface area contributed by atoms with Gasteiger partial charge in [0.05, 0.1) is 16.3 Å². The summed E-state index contributed by atoms with van der Waals surface area (Å²) in [6, 6.07) is 5.24. The SMILES string of the molecule is CC(=O)NCCC(O)C(O)c1ccc2nc(Cl)sc2c1. The predicted molar refractivity (Wildman–Crippen MR) is 78.9 cm³/mol. The van der Waals surface area contributed by atoms with Gasteiger partial charge >= 0.3 is 0 Å². The summed E-state index contributed by atoms with van der Waals surface area (Å²) in [7, 11) is 0. The molecule has 0 fully saturated rings. The number of aliphatic hydroxyl groups is 2. The number of benzene rings is 1. The molecule has 2 unspecified atom stereocenters. The van der Waals surface area contributed by atoms with Gasteiger partial charge < -0.3 is 15.5 Å². The first-order valence-electron chi connectivity index (χ1n) is 6.14. The Morgan fingerprint density at radius 1 is 1.50 bits per heavy atom. The maximum Gasteiger partial charge on any atom is 0.216 e. The van der Waals surface area contributed by atoms with Crippen LogP contribution in [0.5, 0.6) is 0 Å². The molecule has 3 N–H and O–H groups in total. The lowest BCUT2D eigenvalue weighted by molar-refractivity contribution is -0.119. The summed E-state index contributed by atoms with van der Waals surface area (Å²) in [6.07, 6.45) is -1.67. The number of fused-ring (bicyclic) bond motifs is 1. The molecule has 5 nitrogen and oxygen atoms in total. The van der Waals surface area contributed by atoms with Crippen LogP contribution in [0, 0.1) is 0 Å². The lowest BCUT2D eigenvalue weighted by atomic mass is 10.0. The van der Waals surface area contributed by atoms with Crippen molar-refractivity contribution in [3.63, 3.8) is 0 Å². The van der Waals surface area contributed by atoms with Crippen LogP contribution < -0.4 is 5.32 Å². The molecule has 0 saturated carbocycles. The maximum atomic E-state index is 10.7. The summed E-state index contributed by atoms with van der Waals surface area (Å²) in [4.78, 5) is 14.9. The van der Waals surface area contributed by atoms with Gasteiger partial charge in [-0.2, -0.15) is 0 Å². The first-order valence-corrected chi connectivity index (χ1v) is 7.33. The third-order valence-corrected chi connectivity index (χ3v) is 4.03. The lowest BCUT2D eigenvalue weighted by Gasteiger charge is -2.18. The van der Waals surface area contributed by atoms with E-state index in [0.717, 1.165) is 10.2 Å². The Morgan fingerprint density at radius 3 is 2.95 bits per heavy atom. The van der Waals surface area contributed by atoms with Gasteiger partial charge in [-0.3, -0.25) is 4.79 Å². The Kier molecular flexibility index (Phi) is 4.93. The van der Waals surface area contributed by atoms with Crippen molar-refractivity contribution in [2.45, 2.75) is 25.6 Å². The molecule has 1 aromatic heterocycles. The molecule has 0 bridgehead atoms. The quantitative estimate of drug-likeness (QED) is 0.787. The van der Waals surface area contributed by atoms with Crippen LogP contribution in [0.1, 0.15) is 25.0 Å². The van der Waals surface area contributed by atoms with Gasteiger partial charge in [0.15, 0.2) is 4.47 Å². The van der Waals surface area contributed by atoms with E-state index < -0.39 is 12.2 Å².